The molecule has 1 aliphatic rings. The quantitative estimate of drug-likeness (QED) is 0.855. The van der Waals surface area contributed by atoms with Gasteiger partial charge in [0.15, 0.2) is 0 Å². The van der Waals surface area contributed by atoms with Crippen LogP contribution >= 0.6 is 15.9 Å². The fourth-order valence-corrected chi connectivity index (χ4v) is 2.20. The fourth-order valence-electron chi connectivity index (χ4n) is 1.84. The summed E-state index contributed by atoms with van der Waals surface area (Å²) < 4.78 is 39.0. The molecule has 1 aromatic rings. The molecule has 0 aliphatic heterocycles. The maximum atomic E-state index is 12.8. The number of halogens is 4. The Bertz CT molecular complexity index is 413. The van der Waals surface area contributed by atoms with Crippen LogP contribution in [-0.4, -0.2) is 6.04 Å². The van der Waals surface area contributed by atoms with Crippen molar-refractivity contribution in [2.24, 2.45) is 5.92 Å². The maximum absolute atomic E-state index is 12.8. The number of nitrogens with one attached hydrogen (secondary N) is 1. The van der Waals surface area contributed by atoms with Crippen LogP contribution < -0.4 is 5.32 Å². The number of hydrogen-bond donors (Lipinski definition) is 1. The first-order chi connectivity index (χ1) is 7.88. The van der Waals surface area contributed by atoms with Gasteiger partial charge in [-0.05, 0) is 43.9 Å². The number of hydrogen-bond acceptors (Lipinski definition) is 1. The highest BCUT2D eigenvalue weighted by molar-refractivity contribution is 9.10. The highest BCUT2D eigenvalue weighted by atomic mass is 79.9. The molecule has 1 atom stereocenters. The van der Waals surface area contributed by atoms with E-state index in [9.17, 15) is 13.2 Å². The van der Waals surface area contributed by atoms with Crippen molar-refractivity contribution < 1.29 is 13.2 Å². The number of alkyl halides is 3. The molecule has 0 aromatic heterocycles. The third kappa shape index (κ3) is 3.15. The van der Waals surface area contributed by atoms with E-state index >= 15 is 0 Å². The summed E-state index contributed by atoms with van der Waals surface area (Å²) >= 11 is 3.20. The minimum absolute atomic E-state index is 0.0883. The Morgan fingerprint density at radius 3 is 2.53 bits per heavy atom. The first-order valence-corrected chi connectivity index (χ1v) is 6.30. The lowest BCUT2D eigenvalue weighted by atomic mass is 10.1. The van der Waals surface area contributed by atoms with Crippen molar-refractivity contribution in [3.63, 3.8) is 0 Å². The Kier molecular flexibility index (Phi) is 3.39. The second-order valence-corrected chi connectivity index (χ2v) is 5.37. The van der Waals surface area contributed by atoms with E-state index in [0.717, 1.165) is 18.9 Å². The second kappa shape index (κ2) is 4.52. The number of anilines is 1. The summed E-state index contributed by atoms with van der Waals surface area (Å²) in [5.41, 5.74) is -0.445. The summed E-state index contributed by atoms with van der Waals surface area (Å²) in [6.45, 7) is 1.93. The van der Waals surface area contributed by atoms with Crippen molar-refractivity contribution in [3.05, 3.63) is 28.2 Å². The molecule has 0 bridgehead atoms. The monoisotopic (exact) mass is 307 g/mol. The minimum Gasteiger partial charge on any atom is -0.382 e. The maximum Gasteiger partial charge on any atom is 0.418 e. The van der Waals surface area contributed by atoms with Gasteiger partial charge in [0.1, 0.15) is 0 Å². The van der Waals surface area contributed by atoms with Crippen LogP contribution in [-0.2, 0) is 6.18 Å². The first-order valence-electron chi connectivity index (χ1n) is 5.51. The average Bonchev–Trinajstić information content (AvgIpc) is 2.98. The van der Waals surface area contributed by atoms with Gasteiger partial charge in [0.2, 0.25) is 0 Å². The Morgan fingerprint density at radius 2 is 2.00 bits per heavy atom. The van der Waals surface area contributed by atoms with E-state index in [2.05, 4.69) is 21.2 Å². The third-order valence-corrected chi connectivity index (χ3v) is 3.49. The first kappa shape index (κ1) is 12.7. The lowest BCUT2D eigenvalue weighted by Gasteiger charge is -2.19. The van der Waals surface area contributed by atoms with Crippen LogP contribution in [0.25, 0.3) is 0 Å². The molecule has 0 amide bonds. The van der Waals surface area contributed by atoms with Gasteiger partial charge < -0.3 is 5.32 Å². The van der Waals surface area contributed by atoms with Gasteiger partial charge in [0, 0.05) is 16.2 Å². The Morgan fingerprint density at radius 1 is 1.35 bits per heavy atom. The zero-order valence-corrected chi connectivity index (χ0v) is 10.9. The van der Waals surface area contributed by atoms with Gasteiger partial charge in [0.05, 0.1) is 5.56 Å². The van der Waals surface area contributed by atoms with Crippen LogP contribution in [0.15, 0.2) is 22.7 Å². The average molecular weight is 308 g/mol. The summed E-state index contributed by atoms with van der Waals surface area (Å²) in [5.74, 6) is 0.509. The van der Waals surface area contributed by atoms with Crippen molar-refractivity contribution in [1.29, 1.82) is 0 Å². The lowest BCUT2D eigenvalue weighted by molar-refractivity contribution is -0.137. The van der Waals surface area contributed by atoms with Gasteiger partial charge >= 0.3 is 6.18 Å². The minimum atomic E-state index is -4.31. The van der Waals surface area contributed by atoms with Crippen LogP contribution in [0.2, 0.25) is 0 Å². The highest BCUT2D eigenvalue weighted by Crippen LogP contribution is 2.39. The molecule has 1 unspecified atom stereocenters. The number of rotatable bonds is 3. The van der Waals surface area contributed by atoms with E-state index in [1.165, 1.54) is 12.1 Å². The SMILES string of the molecule is CC(Nc1cc(Br)ccc1C(F)(F)F)C1CC1. The van der Waals surface area contributed by atoms with Crippen LogP contribution in [0.1, 0.15) is 25.3 Å². The van der Waals surface area contributed by atoms with Crippen molar-refractivity contribution >= 4 is 21.6 Å². The largest absolute Gasteiger partial charge is 0.418 e. The molecule has 0 saturated heterocycles. The fraction of sp³-hybridized carbons (Fsp3) is 0.500. The molecule has 1 saturated carbocycles. The summed E-state index contributed by atoms with van der Waals surface area (Å²) in [6, 6.07) is 4.09. The van der Waals surface area contributed by atoms with Gasteiger partial charge in [0.25, 0.3) is 0 Å². The standard InChI is InChI=1S/C12H13BrF3N/c1-7(8-2-3-8)17-11-6-9(13)4-5-10(11)12(14,15)16/h4-8,17H,2-3H2,1H3. The predicted molar refractivity (Wildman–Crippen MR) is 65.0 cm³/mol. The van der Waals surface area contributed by atoms with Crippen molar-refractivity contribution in [2.45, 2.75) is 32.0 Å². The molecule has 0 heterocycles. The van der Waals surface area contributed by atoms with E-state index in [1.54, 1.807) is 0 Å². The van der Waals surface area contributed by atoms with Crippen LogP contribution in [0.5, 0.6) is 0 Å². The molecule has 94 valence electrons. The Labute approximate surface area is 107 Å². The van der Waals surface area contributed by atoms with Gasteiger partial charge in [-0.3, -0.25) is 0 Å². The van der Waals surface area contributed by atoms with E-state index in [-0.39, 0.29) is 11.7 Å². The molecule has 0 radical (unpaired) electrons. The molecule has 5 heteroatoms. The summed E-state index contributed by atoms with van der Waals surface area (Å²) in [4.78, 5) is 0. The molecule has 1 aromatic carbocycles. The van der Waals surface area contributed by atoms with E-state index in [4.69, 9.17) is 0 Å². The van der Waals surface area contributed by atoms with Gasteiger partial charge in [-0.25, -0.2) is 0 Å². The van der Waals surface area contributed by atoms with Crippen molar-refractivity contribution in [2.75, 3.05) is 5.32 Å². The van der Waals surface area contributed by atoms with Crippen LogP contribution in [0, 0.1) is 5.92 Å². The summed E-state index contributed by atoms with van der Waals surface area (Å²) in [7, 11) is 0. The van der Waals surface area contributed by atoms with Gasteiger partial charge in [-0.15, -0.1) is 0 Å². The van der Waals surface area contributed by atoms with Crippen molar-refractivity contribution in [3.8, 4) is 0 Å². The van der Waals surface area contributed by atoms with E-state index in [1.807, 2.05) is 6.92 Å². The number of benzene rings is 1. The zero-order chi connectivity index (χ0) is 12.6. The third-order valence-electron chi connectivity index (χ3n) is 3.00. The van der Waals surface area contributed by atoms with E-state index in [0.29, 0.717) is 10.4 Å². The van der Waals surface area contributed by atoms with Crippen LogP contribution in [0.4, 0.5) is 18.9 Å². The van der Waals surface area contributed by atoms with Gasteiger partial charge in [-0.1, -0.05) is 15.9 Å². The molecular weight excluding hydrogens is 295 g/mol. The second-order valence-electron chi connectivity index (χ2n) is 4.46. The smallest absolute Gasteiger partial charge is 0.382 e. The molecule has 1 aliphatic carbocycles. The predicted octanol–water partition coefficient (Wildman–Crippen LogP) is 4.68. The highest BCUT2D eigenvalue weighted by Gasteiger charge is 2.35. The molecule has 1 fully saturated rings. The Balaban J connectivity index is 2.26. The lowest BCUT2D eigenvalue weighted by Crippen LogP contribution is -2.20. The van der Waals surface area contributed by atoms with Crippen LogP contribution in [0.3, 0.4) is 0 Å². The normalized spacial score (nSPS) is 17.9. The van der Waals surface area contributed by atoms with Crippen molar-refractivity contribution in [1.82, 2.24) is 0 Å². The Hall–Kier alpha value is -0.710. The topological polar surface area (TPSA) is 12.0 Å². The zero-order valence-electron chi connectivity index (χ0n) is 9.31. The summed E-state index contributed by atoms with van der Waals surface area (Å²) in [5, 5.41) is 2.97. The molecule has 17 heavy (non-hydrogen) atoms. The van der Waals surface area contributed by atoms with Gasteiger partial charge in [-0.2, -0.15) is 13.2 Å². The van der Waals surface area contributed by atoms with E-state index < -0.39 is 11.7 Å². The molecule has 0 spiro atoms. The molecular formula is C12H13BrF3N. The molecule has 2 rings (SSSR count). The molecule has 1 N–H and O–H groups in total. The summed E-state index contributed by atoms with van der Waals surface area (Å²) in [6.07, 6.45) is -2.11. The molecule has 1 nitrogen and oxygen atoms in total.